The zero-order chi connectivity index (χ0) is 26.2. The van der Waals surface area contributed by atoms with E-state index in [9.17, 15) is 22.0 Å². The molecule has 1 atom stereocenters. The number of benzene rings is 1. The monoisotopic (exact) mass is 518 g/mol. The molecule has 12 heteroatoms. The number of pyridine rings is 2. The van der Waals surface area contributed by atoms with E-state index in [2.05, 4.69) is 15.0 Å². The standard InChI is InChI=1S/C24H24F2N4O5S/c1-5-35-23-19(34-3)10-9-17(28-23)18(12-36(4,32)33)30-22-21(29-24(30)31)13(2)15(11-27-22)14-7-6-8-16(25)20(14)26/h6-11,18H,5,12H2,1-4H3,(H,29,31). The molecule has 0 amide bonds. The number of nitrogens with zero attached hydrogens (tertiary/aromatic N) is 3. The van der Waals surface area contributed by atoms with Gasteiger partial charge in [-0.1, -0.05) is 12.1 Å². The summed E-state index contributed by atoms with van der Waals surface area (Å²) in [5.41, 5.74) is 0.723. The summed E-state index contributed by atoms with van der Waals surface area (Å²) in [6.45, 7) is 3.68. The first-order valence-electron chi connectivity index (χ1n) is 10.9. The Hall–Kier alpha value is -3.80. The summed E-state index contributed by atoms with van der Waals surface area (Å²) in [7, 11) is -2.15. The van der Waals surface area contributed by atoms with E-state index in [0.717, 1.165) is 12.3 Å². The van der Waals surface area contributed by atoms with Crippen molar-refractivity contribution in [3.63, 3.8) is 0 Å². The molecule has 36 heavy (non-hydrogen) atoms. The van der Waals surface area contributed by atoms with Gasteiger partial charge < -0.3 is 14.5 Å². The largest absolute Gasteiger partial charge is 0.491 e. The van der Waals surface area contributed by atoms with Crippen LogP contribution in [0.4, 0.5) is 8.78 Å². The molecule has 4 rings (SSSR count). The van der Waals surface area contributed by atoms with Gasteiger partial charge in [0.25, 0.3) is 5.88 Å². The number of imidazole rings is 1. The maximum Gasteiger partial charge on any atom is 0.328 e. The lowest BCUT2D eigenvalue weighted by molar-refractivity contribution is 0.296. The van der Waals surface area contributed by atoms with E-state index in [1.54, 1.807) is 26.0 Å². The zero-order valence-corrected chi connectivity index (χ0v) is 20.8. The molecule has 3 aromatic heterocycles. The van der Waals surface area contributed by atoms with Gasteiger partial charge in [0.1, 0.15) is 9.84 Å². The number of ether oxygens (including phenoxy) is 2. The predicted molar refractivity (Wildman–Crippen MR) is 130 cm³/mol. The van der Waals surface area contributed by atoms with Gasteiger partial charge in [0.15, 0.2) is 23.0 Å². The van der Waals surface area contributed by atoms with E-state index in [-0.39, 0.29) is 40.5 Å². The number of fused-ring (bicyclic) bond motifs is 1. The topological polar surface area (TPSA) is 116 Å². The van der Waals surface area contributed by atoms with Crippen LogP contribution in [0.15, 0.2) is 41.3 Å². The normalized spacial score (nSPS) is 12.6. The number of aromatic nitrogens is 4. The van der Waals surface area contributed by atoms with Crippen LogP contribution < -0.4 is 15.2 Å². The van der Waals surface area contributed by atoms with Gasteiger partial charge in [-0.3, -0.25) is 4.57 Å². The smallest absolute Gasteiger partial charge is 0.328 e. The predicted octanol–water partition coefficient (Wildman–Crippen LogP) is 3.41. The number of nitrogens with one attached hydrogen (secondary N) is 1. The van der Waals surface area contributed by atoms with Crippen LogP contribution in [0.5, 0.6) is 11.6 Å². The molecular formula is C24H24F2N4O5S. The number of hydrogen-bond donors (Lipinski definition) is 1. The number of aryl methyl sites for hydroxylation is 1. The first-order chi connectivity index (χ1) is 17.1. The second-order valence-electron chi connectivity index (χ2n) is 8.18. The Morgan fingerprint density at radius 3 is 2.58 bits per heavy atom. The number of hydrogen-bond acceptors (Lipinski definition) is 7. The Balaban J connectivity index is 1.94. The van der Waals surface area contributed by atoms with Crippen LogP contribution >= 0.6 is 0 Å². The highest BCUT2D eigenvalue weighted by atomic mass is 32.2. The summed E-state index contributed by atoms with van der Waals surface area (Å²) in [5, 5.41) is 0. The van der Waals surface area contributed by atoms with Gasteiger partial charge in [0.05, 0.1) is 36.7 Å². The van der Waals surface area contributed by atoms with E-state index >= 15 is 0 Å². The first-order valence-corrected chi connectivity index (χ1v) is 13.0. The van der Waals surface area contributed by atoms with Crippen molar-refractivity contribution < 1.29 is 26.7 Å². The first kappa shape index (κ1) is 25.3. The molecule has 1 aromatic carbocycles. The fourth-order valence-electron chi connectivity index (χ4n) is 4.06. The molecule has 0 radical (unpaired) electrons. The fourth-order valence-corrected chi connectivity index (χ4v) is 4.95. The molecule has 0 aliphatic rings. The average molecular weight is 519 g/mol. The van der Waals surface area contributed by atoms with Crippen LogP contribution in [0.3, 0.4) is 0 Å². The van der Waals surface area contributed by atoms with Crippen molar-refractivity contribution in [3.8, 4) is 22.8 Å². The summed E-state index contributed by atoms with van der Waals surface area (Å²) >= 11 is 0. The molecule has 190 valence electrons. The van der Waals surface area contributed by atoms with Crippen molar-refractivity contribution >= 4 is 21.0 Å². The lowest BCUT2D eigenvalue weighted by atomic mass is 10.0. The molecule has 1 N–H and O–H groups in total. The highest BCUT2D eigenvalue weighted by molar-refractivity contribution is 7.90. The number of halogens is 2. The highest BCUT2D eigenvalue weighted by Gasteiger charge is 2.28. The van der Waals surface area contributed by atoms with Gasteiger partial charge in [0, 0.05) is 23.6 Å². The minimum absolute atomic E-state index is 0.0126. The third-order valence-corrected chi connectivity index (χ3v) is 6.62. The Morgan fingerprint density at radius 2 is 1.92 bits per heavy atom. The molecule has 9 nitrogen and oxygen atoms in total. The van der Waals surface area contributed by atoms with Crippen LogP contribution in [0.2, 0.25) is 0 Å². The number of methoxy groups -OCH3 is 1. The summed E-state index contributed by atoms with van der Waals surface area (Å²) in [5.74, 6) is -2.00. The van der Waals surface area contributed by atoms with Gasteiger partial charge in [-0.25, -0.2) is 32.0 Å². The van der Waals surface area contributed by atoms with E-state index in [1.165, 1.54) is 30.0 Å². The average Bonchev–Trinajstić information content (AvgIpc) is 3.16. The molecule has 0 fully saturated rings. The minimum atomic E-state index is -3.60. The van der Waals surface area contributed by atoms with Crippen LogP contribution in [0, 0.1) is 18.6 Å². The van der Waals surface area contributed by atoms with Crippen molar-refractivity contribution in [1.82, 2.24) is 19.5 Å². The van der Waals surface area contributed by atoms with E-state index in [4.69, 9.17) is 9.47 Å². The van der Waals surface area contributed by atoms with Crippen LogP contribution in [-0.4, -0.2) is 53.7 Å². The minimum Gasteiger partial charge on any atom is -0.491 e. The molecule has 3 heterocycles. The van der Waals surface area contributed by atoms with Crippen molar-refractivity contribution in [2.45, 2.75) is 19.9 Å². The lowest BCUT2D eigenvalue weighted by Crippen LogP contribution is -2.29. The number of aromatic amines is 1. The molecule has 0 saturated heterocycles. The molecule has 0 spiro atoms. The summed E-state index contributed by atoms with van der Waals surface area (Å²) in [4.78, 5) is 24.6. The van der Waals surface area contributed by atoms with Crippen molar-refractivity contribution in [1.29, 1.82) is 0 Å². The molecule has 0 saturated carbocycles. The molecule has 4 aromatic rings. The molecular weight excluding hydrogens is 494 g/mol. The Bertz CT molecular complexity index is 1620. The Labute approximate surface area is 205 Å². The zero-order valence-electron chi connectivity index (χ0n) is 20.0. The summed E-state index contributed by atoms with van der Waals surface area (Å²) in [6, 6.07) is 5.85. The van der Waals surface area contributed by atoms with Gasteiger partial charge in [0.2, 0.25) is 0 Å². The third-order valence-electron chi connectivity index (χ3n) is 5.70. The van der Waals surface area contributed by atoms with E-state index in [1.807, 2.05) is 0 Å². The number of rotatable bonds is 8. The maximum absolute atomic E-state index is 14.5. The van der Waals surface area contributed by atoms with Gasteiger partial charge in [-0.2, -0.15) is 0 Å². The van der Waals surface area contributed by atoms with Crippen LogP contribution in [0.25, 0.3) is 22.3 Å². The maximum atomic E-state index is 14.5. The third kappa shape index (κ3) is 4.68. The van der Waals surface area contributed by atoms with Crippen LogP contribution in [0.1, 0.15) is 24.2 Å². The number of H-pyrrole nitrogens is 1. The van der Waals surface area contributed by atoms with Gasteiger partial charge >= 0.3 is 5.69 Å². The highest BCUT2D eigenvalue weighted by Crippen LogP contribution is 2.32. The second-order valence-corrected chi connectivity index (χ2v) is 10.4. The van der Waals surface area contributed by atoms with Crippen molar-refractivity contribution in [2.75, 3.05) is 25.7 Å². The summed E-state index contributed by atoms with van der Waals surface area (Å²) < 4.78 is 65.0. The number of sulfone groups is 1. The SMILES string of the molecule is CCOc1nc(C(CS(C)(=O)=O)n2c(=O)[nH]c3c(C)c(-c4cccc(F)c4F)cnc32)ccc1OC. The Kier molecular flexibility index (Phi) is 6.81. The molecule has 1 unspecified atom stereocenters. The van der Waals surface area contributed by atoms with E-state index in [0.29, 0.717) is 11.3 Å². The van der Waals surface area contributed by atoms with E-state index < -0.39 is 39.0 Å². The van der Waals surface area contributed by atoms with Crippen molar-refractivity contribution in [2.24, 2.45) is 0 Å². The molecule has 0 bridgehead atoms. The molecule has 0 aliphatic heterocycles. The lowest BCUT2D eigenvalue weighted by Gasteiger charge is -2.19. The fraction of sp³-hybridized carbons (Fsp3) is 0.292. The quantitative estimate of drug-likeness (QED) is 0.380. The Morgan fingerprint density at radius 1 is 1.17 bits per heavy atom. The van der Waals surface area contributed by atoms with Gasteiger partial charge in [-0.05, 0) is 37.6 Å². The second kappa shape index (κ2) is 9.69. The van der Waals surface area contributed by atoms with Gasteiger partial charge in [-0.15, -0.1) is 0 Å². The van der Waals surface area contributed by atoms with Crippen LogP contribution in [-0.2, 0) is 9.84 Å². The summed E-state index contributed by atoms with van der Waals surface area (Å²) in [6.07, 6.45) is 2.38. The van der Waals surface area contributed by atoms with Crippen molar-refractivity contribution in [3.05, 3.63) is 69.9 Å². The molecule has 0 aliphatic carbocycles.